The number of rotatable bonds is 4. The predicted octanol–water partition coefficient (Wildman–Crippen LogP) is 4.08. The summed E-state index contributed by atoms with van der Waals surface area (Å²) in [6, 6.07) is 17.9. The average molecular weight is 327 g/mol. The second-order valence-electron chi connectivity index (χ2n) is 5.29. The van der Waals surface area contributed by atoms with E-state index in [0.29, 0.717) is 11.4 Å². The second kappa shape index (κ2) is 5.93. The maximum absolute atomic E-state index is 12.8. The lowest BCUT2D eigenvalue weighted by Crippen LogP contribution is -2.26. The molecule has 0 radical (unpaired) electrons. The van der Waals surface area contributed by atoms with E-state index in [4.69, 9.17) is 4.42 Å². The molecule has 2 aromatic carbocycles. The SMILES string of the molecule is Cc1ccc(S(=O)(=O)N(C)c2ccoc2-c2ccccc2)cc1. The molecule has 0 aliphatic heterocycles. The lowest BCUT2D eigenvalue weighted by molar-refractivity contribution is 0.580. The van der Waals surface area contributed by atoms with Crippen molar-refractivity contribution in [3.8, 4) is 11.3 Å². The van der Waals surface area contributed by atoms with Gasteiger partial charge in [-0.1, -0.05) is 48.0 Å². The van der Waals surface area contributed by atoms with Gasteiger partial charge in [-0.25, -0.2) is 8.42 Å². The van der Waals surface area contributed by atoms with E-state index in [9.17, 15) is 8.42 Å². The van der Waals surface area contributed by atoms with Crippen LogP contribution in [0.4, 0.5) is 5.69 Å². The fourth-order valence-electron chi connectivity index (χ4n) is 2.35. The van der Waals surface area contributed by atoms with Crippen molar-refractivity contribution in [2.24, 2.45) is 0 Å². The second-order valence-corrected chi connectivity index (χ2v) is 7.26. The highest BCUT2D eigenvalue weighted by atomic mass is 32.2. The Morgan fingerprint density at radius 3 is 2.22 bits per heavy atom. The number of hydrogen-bond acceptors (Lipinski definition) is 3. The van der Waals surface area contributed by atoms with Crippen LogP contribution in [-0.4, -0.2) is 15.5 Å². The van der Waals surface area contributed by atoms with Crippen molar-refractivity contribution < 1.29 is 12.8 Å². The van der Waals surface area contributed by atoms with E-state index in [-0.39, 0.29) is 4.90 Å². The van der Waals surface area contributed by atoms with Crippen LogP contribution in [0.1, 0.15) is 5.56 Å². The first-order valence-electron chi connectivity index (χ1n) is 7.18. The van der Waals surface area contributed by atoms with E-state index < -0.39 is 10.0 Å². The first-order chi connectivity index (χ1) is 11.0. The van der Waals surface area contributed by atoms with Gasteiger partial charge in [-0.3, -0.25) is 4.31 Å². The Hall–Kier alpha value is -2.53. The molecule has 0 aliphatic carbocycles. The summed E-state index contributed by atoms with van der Waals surface area (Å²) >= 11 is 0. The Morgan fingerprint density at radius 1 is 0.913 bits per heavy atom. The summed E-state index contributed by atoms with van der Waals surface area (Å²) in [5.41, 5.74) is 2.36. The van der Waals surface area contributed by atoms with E-state index in [1.807, 2.05) is 37.3 Å². The summed E-state index contributed by atoms with van der Waals surface area (Å²) in [5, 5.41) is 0. The van der Waals surface area contributed by atoms with Gasteiger partial charge in [0.05, 0.1) is 16.8 Å². The van der Waals surface area contributed by atoms with E-state index in [1.165, 1.54) is 17.6 Å². The van der Waals surface area contributed by atoms with E-state index >= 15 is 0 Å². The van der Waals surface area contributed by atoms with E-state index in [1.54, 1.807) is 30.3 Å². The quantitative estimate of drug-likeness (QED) is 0.725. The molecule has 0 unspecified atom stereocenters. The Labute approximate surface area is 136 Å². The van der Waals surface area contributed by atoms with Crippen LogP contribution >= 0.6 is 0 Å². The summed E-state index contributed by atoms with van der Waals surface area (Å²) in [6.07, 6.45) is 1.50. The summed E-state index contributed by atoms with van der Waals surface area (Å²) in [4.78, 5) is 0.255. The van der Waals surface area contributed by atoms with E-state index in [0.717, 1.165) is 11.1 Å². The number of anilines is 1. The first-order valence-corrected chi connectivity index (χ1v) is 8.62. The normalized spacial score (nSPS) is 11.4. The van der Waals surface area contributed by atoms with Crippen molar-refractivity contribution in [1.82, 2.24) is 0 Å². The Morgan fingerprint density at radius 2 is 1.57 bits per heavy atom. The van der Waals surface area contributed by atoms with Gasteiger partial charge in [-0.2, -0.15) is 0 Å². The fraction of sp³-hybridized carbons (Fsp3) is 0.111. The number of aryl methyl sites for hydroxylation is 1. The highest BCUT2D eigenvalue weighted by molar-refractivity contribution is 7.92. The van der Waals surface area contributed by atoms with Crippen molar-refractivity contribution >= 4 is 15.7 Å². The van der Waals surface area contributed by atoms with Gasteiger partial charge in [-0.05, 0) is 19.1 Å². The van der Waals surface area contributed by atoms with Crippen LogP contribution in [0, 0.1) is 6.92 Å². The van der Waals surface area contributed by atoms with Gasteiger partial charge in [0.2, 0.25) is 0 Å². The molecular formula is C18H17NO3S. The van der Waals surface area contributed by atoms with Gasteiger partial charge in [0, 0.05) is 18.7 Å². The van der Waals surface area contributed by atoms with Gasteiger partial charge in [0.1, 0.15) is 0 Å². The zero-order valence-corrected chi connectivity index (χ0v) is 13.7. The third-order valence-corrected chi connectivity index (χ3v) is 5.48. The average Bonchev–Trinajstić information content (AvgIpc) is 3.04. The van der Waals surface area contributed by atoms with Crippen LogP contribution in [0.2, 0.25) is 0 Å². The molecule has 4 nitrogen and oxygen atoms in total. The topological polar surface area (TPSA) is 50.5 Å². The molecular weight excluding hydrogens is 310 g/mol. The molecule has 0 N–H and O–H groups in total. The minimum Gasteiger partial charge on any atom is -0.462 e. The molecule has 5 heteroatoms. The third kappa shape index (κ3) is 2.87. The first kappa shape index (κ1) is 15.4. The molecule has 0 bridgehead atoms. The fourth-order valence-corrected chi connectivity index (χ4v) is 3.55. The minimum atomic E-state index is -3.64. The number of furan rings is 1. The highest BCUT2D eigenvalue weighted by Gasteiger charge is 2.25. The smallest absolute Gasteiger partial charge is 0.264 e. The van der Waals surface area contributed by atoms with Gasteiger partial charge in [0.15, 0.2) is 5.76 Å². The molecule has 23 heavy (non-hydrogen) atoms. The molecule has 0 fully saturated rings. The summed E-state index contributed by atoms with van der Waals surface area (Å²) in [6.45, 7) is 1.92. The molecule has 0 amide bonds. The largest absolute Gasteiger partial charge is 0.462 e. The predicted molar refractivity (Wildman–Crippen MR) is 90.9 cm³/mol. The molecule has 3 aromatic rings. The molecule has 1 aromatic heterocycles. The van der Waals surface area contributed by atoms with Crippen LogP contribution in [0.15, 0.2) is 76.2 Å². The van der Waals surface area contributed by atoms with Gasteiger partial charge in [0.25, 0.3) is 10.0 Å². The monoisotopic (exact) mass is 327 g/mol. The summed E-state index contributed by atoms with van der Waals surface area (Å²) in [7, 11) is -2.10. The lowest BCUT2D eigenvalue weighted by atomic mass is 10.1. The van der Waals surface area contributed by atoms with Crippen LogP contribution in [0.3, 0.4) is 0 Å². The number of nitrogens with zero attached hydrogens (tertiary/aromatic N) is 1. The van der Waals surface area contributed by atoms with Crippen LogP contribution in [-0.2, 0) is 10.0 Å². The zero-order chi connectivity index (χ0) is 16.4. The zero-order valence-electron chi connectivity index (χ0n) is 12.9. The summed E-state index contributed by atoms with van der Waals surface area (Å²) < 4.78 is 32.4. The Kier molecular flexibility index (Phi) is 3.96. The minimum absolute atomic E-state index is 0.255. The molecule has 0 saturated heterocycles. The third-order valence-electron chi connectivity index (χ3n) is 3.70. The molecule has 118 valence electrons. The van der Waals surface area contributed by atoms with Crippen molar-refractivity contribution in [2.45, 2.75) is 11.8 Å². The van der Waals surface area contributed by atoms with Gasteiger partial charge in [-0.15, -0.1) is 0 Å². The molecule has 0 saturated carbocycles. The van der Waals surface area contributed by atoms with E-state index in [2.05, 4.69) is 0 Å². The standard InChI is InChI=1S/C18H17NO3S/c1-14-8-10-16(11-9-14)23(20,21)19(2)17-12-13-22-18(17)15-6-4-3-5-7-15/h3-13H,1-2H3. The number of benzene rings is 2. The van der Waals surface area contributed by atoms with Crippen LogP contribution < -0.4 is 4.31 Å². The molecule has 1 heterocycles. The van der Waals surface area contributed by atoms with Crippen LogP contribution in [0.5, 0.6) is 0 Å². The Bertz CT molecular complexity index is 897. The maximum atomic E-state index is 12.8. The van der Waals surface area contributed by atoms with Crippen LogP contribution in [0.25, 0.3) is 11.3 Å². The molecule has 0 spiro atoms. The molecule has 0 atom stereocenters. The molecule has 0 aliphatic rings. The van der Waals surface area contributed by atoms with Crippen molar-refractivity contribution in [2.75, 3.05) is 11.4 Å². The van der Waals surface area contributed by atoms with Crippen molar-refractivity contribution in [1.29, 1.82) is 0 Å². The maximum Gasteiger partial charge on any atom is 0.264 e. The lowest BCUT2D eigenvalue weighted by Gasteiger charge is -2.19. The Balaban J connectivity index is 2.03. The highest BCUT2D eigenvalue weighted by Crippen LogP contribution is 2.34. The van der Waals surface area contributed by atoms with Gasteiger partial charge < -0.3 is 4.42 Å². The summed E-state index contributed by atoms with van der Waals surface area (Å²) in [5.74, 6) is 0.531. The van der Waals surface area contributed by atoms with Crippen molar-refractivity contribution in [3.05, 3.63) is 72.5 Å². The number of hydrogen-bond donors (Lipinski definition) is 0. The van der Waals surface area contributed by atoms with Gasteiger partial charge >= 0.3 is 0 Å². The molecule has 3 rings (SSSR count). The number of sulfonamides is 1. The van der Waals surface area contributed by atoms with Crippen molar-refractivity contribution in [3.63, 3.8) is 0 Å².